The van der Waals surface area contributed by atoms with Crippen molar-refractivity contribution in [1.82, 2.24) is 4.90 Å². The monoisotopic (exact) mass is 291 g/mol. The summed E-state index contributed by atoms with van der Waals surface area (Å²) in [5.41, 5.74) is -0.207. The summed E-state index contributed by atoms with van der Waals surface area (Å²) >= 11 is 0. The molecule has 1 atom stereocenters. The number of para-hydroxylation sites is 1. The molecule has 5 heteroatoms. The zero-order valence-corrected chi connectivity index (χ0v) is 12.6. The van der Waals surface area contributed by atoms with Crippen molar-refractivity contribution in [2.45, 2.75) is 51.3 Å². The summed E-state index contributed by atoms with van der Waals surface area (Å²) in [4.78, 5) is 25.4. The van der Waals surface area contributed by atoms with Crippen LogP contribution >= 0.6 is 0 Å². The van der Waals surface area contributed by atoms with Gasteiger partial charge in [0.2, 0.25) is 0 Å². The number of hydrogen-bond acceptors (Lipinski definition) is 4. The Morgan fingerprint density at radius 2 is 2.00 bits per heavy atom. The molecule has 2 rings (SSSR count). The minimum absolute atomic E-state index is 0.00353. The molecule has 1 aromatic rings. The Kier molecular flexibility index (Phi) is 4.21. The van der Waals surface area contributed by atoms with Gasteiger partial charge in [-0.05, 0) is 39.7 Å². The summed E-state index contributed by atoms with van der Waals surface area (Å²) in [7, 11) is 0. The van der Waals surface area contributed by atoms with E-state index >= 15 is 0 Å². The maximum atomic E-state index is 12.4. The Bertz CT molecular complexity index is 531. The van der Waals surface area contributed by atoms with Crippen molar-refractivity contribution < 1.29 is 19.4 Å². The van der Waals surface area contributed by atoms with Crippen LogP contribution in [0.1, 0.15) is 45.2 Å². The Balaban J connectivity index is 2.30. The van der Waals surface area contributed by atoms with E-state index in [1.165, 1.54) is 11.0 Å². The third kappa shape index (κ3) is 3.74. The quantitative estimate of drug-likeness (QED) is 0.866. The standard InChI is InChI=1S/C16H21NO4/c1-16(2,3)21-15(20)17(11-8-9-11)13(10-18)12-6-4-5-7-14(12)19/h4-7,10-11,13,19H,8-9H2,1-3H3. The average Bonchev–Trinajstić information content (AvgIpc) is 3.19. The molecule has 1 N–H and O–H groups in total. The van der Waals surface area contributed by atoms with Crippen LogP contribution in [0.15, 0.2) is 24.3 Å². The fraction of sp³-hybridized carbons (Fsp3) is 0.500. The predicted octanol–water partition coefficient (Wildman–Crippen LogP) is 3.03. The van der Waals surface area contributed by atoms with Gasteiger partial charge in [0.1, 0.15) is 23.7 Å². The third-order valence-electron chi connectivity index (χ3n) is 3.23. The van der Waals surface area contributed by atoms with Gasteiger partial charge in [-0.1, -0.05) is 18.2 Å². The van der Waals surface area contributed by atoms with Gasteiger partial charge in [0.05, 0.1) is 0 Å². The largest absolute Gasteiger partial charge is 0.508 e. The molecule has 0 aromatic heterocycles. The number of phenols is 1. The van der Waals surface area contributed by atoms with Crippen LogP contribution in [0.2, 0.25) is 0 Å². The second-order valence-corrected chi connectivity index (χ2v) is 6.26. The number of carbonyl (C=O) groups excluding carboxylic acids is 2. The first-order valence-corrected chi connectivity index (χ1v) is 7.08. The first-order valence-electron chi connectivity index (χ1n) is 7.08. The number of benzene rings is 1. The fourth-order valence-electron chi connectivity index (χ4n) is 2.18. The number of phenolic OH excluding ortho intramolecular Hbond substituents is 1. The Hall–Kier alpha value is -2.04. The van der Waals surface area contributed by atoms with Crippen molar-refractivity contribution in [3.63, 3.8) is 0 Å². The van der Waals surface area contributed by atoms with Gasteiger partial charge in [-0.15, -0.1) is 0 Å². The summed E-state index contributed by atoms with van der Waals surface area (Å²) in [5.74, 6) is 0.00353. The van der Waals surface area contributed by atoms with Gasteiger partial charge >= 0.3 is 6.09 Å². The van der Waals surface area contributed by atoms with Gasteiger partial charge in [0.25, 0.3) is 0 Å². The van der Waals surface area contributed by atoms with Crippen molar-refractivity contribution >= 4 is 12.4 Å². The molecule has 0 bridgehead atoms. The van der Waals surface area contributed by atoms with Gasteiger partial charge in [-0.2, -0.15) is 0 Å². The van der Waals surface area contributed by atoms with Gasteiger partial charge in [0.15, 0.2) is 0 Å². The van der Waals surface area contributed by atoms with Crippen LogP contribution in [0, 0.1) is 0 Å². The molecule has 0 radical (unpaired) electrons. The summed E-state index contributed by atoms with van der Waals surface area (Å²) < 4.78 is 5.39. The molecule has 114 valence electrons. The maximum Gasteiger partial charge on any atom is 0.411 e. The van der Waals surface area contributed by atoms with Crippen LogP contribution in [-0.2, 0) is 9.53 Å². The second-order valence-electron chi connectivity index (χ2n) is 6.26. The molecule has 1 fully saturated rings. The average molecular weight is 291 g/mol. The maximum absolute atomic E-state index is 12.4. The lowest BCUT2D eigenvalue weighted by molar-refractivity contribution is -0.113. The number of ether oxygens (including phenoxy) is 1. The van der Waals surface area contributed by atoms with Gasteiger partial charge < -0.3 is 14.6 Å². The van der Waals surface area contributed by atoms with Crippen LogP contribution in [0.4, 0.5) is 4.79 Å². The first kappa shape index (κ1) is 15.4. The van der Waals surface area contributed by atoms with E-state index in [1.807, 2.05) is 0 Å². The summed E-state index contributed by atoms with van der Waals surface area (Å²) in [6, 6.07) is 5.73. The number of carbonyl (C=O) groups is 2. The first-order chi connectivity index (χ1) is 9.83. The fourth-order valence-corrected chi connectivity index (χ4v) is 2.18. The molecule has 0 spiro atoms. The number of nitrogens with zero attached hydrogens (tertiary/aromatic N) is 1. The van der Waals surface area contributed by atoms with Crippen LogP contribution in [-0.4, -0.2) is 34.0 Å². The zero-order valence-electron chi connectivity index (χ0n) is 12.6. The summed E-state index contributed by atoms with van der Waals surface area (Å²) in [6.45, 7) is 5.35. The van der Waals surface area contributed by atoms with E-state index in [0.717, 1.165) is 12.8 Å². The van der Waals surface area contributed by atoms with Crippen LogP contribution in [0.5, 0.6) is 5.75 Å². The molecule has 1 aromatic carbocycles. The molecule has 1 unspecified atom stereocenters. The topological polar surface area (TPSA) is 66.8 Å². The smallest absolute Gasteiger partial charge is 0.411 e. The van der Waals surface area contributed by atoms with Crippen molar-refractivity contribution in [3.05, 3.63) is 29.8 Å². The molecule has 1 aliphatic rings. The molecule has 0 aliphatic heterocycles. The highest BCUT2D eigenvalue weighted by Crippen LogP contribution is 2.37. The van der Waals surface area contributed by atoms with Gasteiger partial charge in [-0.25, -0.2) is 4.79 Å². The third-order valence-corrected chi connectivity index (χ3v) is 3.23. The second kappa shape index (κ2) is 5.76. The van der Waals surface area contributed by atoms with E-state index in [-0.39, 0.29) is 11.8 Å². The van der Waals surface area contributed by atoms with Crippen LogP contribution < -0.4 is 0 Å². The molecule has 21 heavy (non-hydrogen) atoms. The summed E-state index contributed by atoms with van der Waals surface area (Å²) in [5, 5.41) is 9.94. The van der Waals surface area contributed by atoms with Crippen molar-refractivity contribution in [2.24, 2.45) is 0 Å². The number of aldehydes is 1. The highest BCUT2D eigenvalue weighted by atomic mass is 16.6. The molecule has 0 heterocycles. The normalized spacial score (nSPS) is 16.1. The number of amides is 1. The van der Waals surface area contributed by atoms with E-state index in [2.05, 4.69) is 0 Å². The van der Waals surface area contributed by atoms with Crippen molar-refractivity contribution in [1.29, 1.82) is 0 Å². The minimum atomic E-state index is -0.825. The lowest BCUT2D eigenvalue weighted by Gasteiger charge is -2.31. The van der Waals surface area contributed by atoms with E-state index in [0.29, 0.717) is 11.8 Å². The Morgan fingerprint density at radius 3 is 2.48 bits per heavy atom. The Labute approximate surface area is 124 Å². The van der Waals surface area contributed by atoms with E-state index in [9.17, 15) is 14.7 Å². The molecular formula is C16H21NO4. The van der Waals surface area contributed by atoms with Gasteiger partial charge in [0, 0.05) is 11.6 Å². The molecular weight excluding hydrogens is 270 g/mol. The van der Waals surface area contributed by atoms with Crippen molar-refractivity contribution in [3.8, 4) is 5.75 Å². The molecule has 5 nitrogen and oxygen atoms in total. The number of rotatable bonds is 4. The highest BCUT2D eigenvalue weighted by Gasteiger charge is 2.41. The van der Waals surface area contributed by atoms with Crippen LogP contribution in [0.25, 0.3) is 0 Å². The SMILES string of the molecule is CC(C)(C)OC(=O)N(C1CC1)C(C=O)c1ccccc1O. The van der Waals surface area contributed by atoms with E-state index in [4.69, 9.17) is 4.74 Å². The minimum Gasteiger partial charge on any atom is -0.508 e. The number of hydrogen-bond donors (Lipinski definition) is 1. The number of aromatic hydroxyl groups is 1. The van der Waals surface area contributed by atoms with E-state index < -0.39 is 17.7 Å². The lowest BCUT2D eigenvalue weighted by atomic mass is 10.1. The molecule has 1 saturated carbocycles. The molecule has 0 saturated heterocycles. The molecule has 1 amide bonds. The summed E-state index contributed by atoms with van der Waals surface area (Å²) in [6.07, 6.45) is 1.84. The van der Waals surface area contributed by atoms with E-state index in [1.54, 1.807) is 39.0 Å². The van der Waals surface area contributed by atoms with Gasteiger partial charge in [-0.3, -0.25) is 4.90 Å². The Morgan fingerprint density at radius 1 is 1.38 bits per heavy atom. The lowest BCUT2D eigenvalue weighted by Crippen LogP contribution is -2.41. The predicted molar refractivity (Wildman–Crippen MR) is 78.0 cm³/mol. The van der Waals surface area contributed by atoms with Crippen LogP contribution in [0.3, 0.4) is 0 Å². The zero-order chi connectivity index (χ0) is 15.6. The van der Waals surface area contributed by atoms with Crippen molar-refractivity contribution in [2.75, 3.05) is 0 Å². The molecule has 1 aliphatic carbocycles. The highest BCUT2D eigenvalue weighted by molar-refractivity contribution is 5.76.